The first kappa shape index (κ1) is 19.3. The molecule has 2 N–H and O–H groups in total. The fraction of sp³-hybridized carbons (Fsp3) is 0.455. The fourth-order valence-electron chi connectivity index (χ4n) is 1.29. The summed E-state index contributed by atoms with van der Waals surface area (Å²) in [6, 6.07) is 5.27. The largest absolute Gasteiger partial charge is 0.316 e. The minimum Gasteiger partial charge on any atom is -0.316 e. The predicted molar refractivity (Wildman–Crippen MR) is 80.5 cm³/mol. The highest BCUT2D eigenvalue weighted by Crippen LogP contribution is 2.15. The van der Waals surface area contributed by atoms with Gasteiger partial charge in [-0.1, -0.05) is 6.07 Å². The van der Waals surface area contributed by atoms with Gasteiger partial charge in [0.2, 0.25) is 10.0 Å². The third-order valence-electron chi connectivity index (χ3n) is 2.62. The van der Waals surface area contributed by atoms with Crippen molar-refractivity contribution in [3.05, 3.63) is 24.3 Å². The Kier molecular flexibility index (Phi) is 7.12. The van der Waals surface area contributed by atoms with Crippen LogP contribution in [0.5, 0.6) is 0 Å². The van der Waals surface area contributed by atoms with Crippen LogP contribution in [0.15, 0.2) is 34.1 Å². The van der Waals surface area contributed by atoms with Crippen molar-refractivity contribution in [3.63, 3.8) is 0 Å². The number of hydrogen-bond acceptors (Lipinski definition) is 5. The van der Waals surface area contributed by atoms with E-state index in [1.165, 1.54) is 18.2 Å². The van der Waals surface area contributed by atoms with Crippen molar-refractivity contribution >= 4 is 32.3 Å². The highest BCUT2D eigenvalue weighted by Gasteiger charge is 2.17. The fourth-order valence-corrected chi connectivity index (χ4v) is 3.21. The zero-order valence-electron chi connectivity index (χ0n) is 11.5. The maximum Gasteiger partial charge on any atom is 0.240 e. The zero-order chi connectivity index (χ0) is 14.7. The highest BCUT2D eigenvalue weighted by atomic mass is 35.5. The first-order valence-electron chi connectivity index (χ1n) is 5.64. The molecule has 0 aromatic heterocycles. The third-order valence-corrected chi connectivity index (χ3v) is 5.15. The number of likely N-dealkylation sites (N-methyl/N-ethyl adjacent to an activating group) is 1. The molecule has 0 saturated heterocycles. The quantitative estimate of drug-likeness (QED) is 0.780. The normalized spacial score (nSPS) is 13.6. The number of halogens is 1. The van der Waals surface area contributed by atoms with Gasteiger partial charge in [-0.05, 0) is 32.2 Å². The summed E-state index contributed by atoms with van der Waals surface area (Å²) in [5.74, 6) is 0. The van der Waals surface area contributed by atoms with Gasteiger partial charge in [0, 0.05) is 18.8 Å². The summed E-state index contributed by atoms with van der Waals surface area (Å²) in [7, 11) is -5.40. The van der Waals surface area contributed by atoms with Crippen molar-refractivity contribution in [3.8, 4) is 0 Å². The summed E-state index contributed by atoms with van der Waals surface area (Å²) >= 11 is 0. The average Bonchev–Trinajstić information content (AvgIpc) is 2.35. The molecule has 0 aliphatic rings. The molecule has 1 rings (SSSR count). The van der Waals surface area contributed by atoms with Gasteiger partial charge in [-0.25, -0.2) is 21.6 Å². The molecule has 116 valence electrons. The van der Waals surface area contributed by atoms with E-state index < -0.39 is 19.9 Å². The molecule has 9 heteroatoms. The van der Waals surface area contributed by atoms with Crippen molar-refractivity contribution < 1.29 is 16.8 Å². The molecule has 0 bridgehead atoms. The summed E-state index contributed by atoms with van der Waals surface area (Å²) in [6.07, 6.45) is 1.04. The van der Waals surface area contributed by atoms with Crippen molar-refractivity contribution in [1.29, 1.82) is 0 Å². The lowest BCUT2D eigenvalue weighted by Gasteiger charge is -2.12. The molecular formula is C11H19ClN2O4S2. The third kappa shape index (κ3) is 5.37. The van der Waals surface area contributed by atoms with Crippen molar-refractivity contribution in [2.24, 2.45) is 0 Å². The van der Waals surface area contributed by atoms with E-state index >= 15 is 0 Å². The van der Waals surface area contributed by atoms with E-state index in [9.17, 15) is 16.8 Å². The maximum absolute atomic E-state index is 12.0. The SMILES string of the molecule is CNC(C)CNS(=O)(=O)c1cccc(S(C)(=O)=O)c1.Cl. The molecule has 0 aliphatic heterocycles. The molecule has 0 amide bonds. The number of sulfone groups is 1. The summed E-state index contributed by atoms with van der Waals surface area (Å²) in [6.45, 7) is 2.05. The highest BCUT2D eigenvalue weighted by molar-refractivity contribution is 7.91. The van der Waals surface area contributed by atoms with Crippen LogP contribution in [0.2, 0.25) is 0 Å². The van der Waals surface area contributed by atoms with E-state index in [1.54, 1.807) is 7.05 Å². The van der Waals surface area contributed by atoms with E-state index in [0.29, 0.717) is 0 Å². The van der Waals surface area contributed by atoms with Crippen molar-refractivity contribution in [2.45, 2.75) is 22.8 Å². The summed E-state index contributed by atoms with van der Waals surface area (Å²) in [5, 5.41) is 2.90. The lowest BCUT2D eigenvalue weighted by molar-refractivity contribution is 0.554. The molecule has 1 atom stereocenters. The minimum absolute atomic E-state index is 0. The lowest BCUT2D eigenvalue weighted by atomic mass is 10.4. The van der Waals surface area contributed by atoms with Crippen molar-refractivity contribution in [1.82, 2.24) is 10.0 Å². The van der Waals surface area contributed by atoms with E-state index in [1.807, 2.05) is 6.92 Å². The Bertz CT molecular complexity index is 644. The first-order chi connectivity index (χ1) is 8.66. The second-order valence-corrected chi connectivity index (χ2v) is 8.07. The van der Waals surface area contributed by atoms with Crippen molar-refractivity contribution in [2.75, 3.05) is 19.8 Å². The number of nitrogens with one attached hydrogen (secondary N) is 2. The average molecular weight is 343 g/mol. The summed E-state index contributed by atoms with van der Waals surface area (Å²) in [4.78, 5) is -0.0734. The van der Waals surface area contributed by atoms with E-state index in [4.69, 9.17) is 0 Å². The standard InChI is InChI=1S/C11H18N2O4S2.ClH/c1-9(12-2)8-13-19(16,17)11-6-4-5-10(7-11)18(3,14)15;/h4-7,9,12-13H,8H2,1-3H3;1H. The summed E-state index contributed by atoms with van der Waals surface area (Å²) < 4.78 is 49.2. The number of sulfonamides is 1. The van der Waals surface area contributed by atoms with Gasteiger partial charge in [0.15, 0.2) is 9.84 Å². The number of benzene rings is 1. The Balaban J connectivity index is 0.00000361. The Labute approximate surface area is 126 Å². The number of rotatable bonds is 6. The smallest absolute Gasteiger partial charge is 0.240 e. The lowest BCUT2D eigenvalue weighted by Crippen LogP contribution is -2.37. The van der Waals surface area contributed by atoms with Gasteiger partial charge in [-0.15, -0.1) is 12.4 Å². The molecule has 0 radical (unpaired) electrons. The Morgan fingerprint density at radius 3 is 2.20 bits per heavy atom. The first-order valence-corrected chi connectivity index (χ1v) is 9.01. The molecule has 6 nitrogen and oxygen atoms in total. The number of hydrogen-bond donors (Lipinski definition) is 2. The topological polar surface area (TPSA) is 92.3 Å². The van der Waals surface area contributed by atoms with Gasteiger partial charge >= 0.3 is 0 Å². The molecule has 0 saturated carbocycles. The van der Waals surface area contributed by atoms with Gasteiger partial charge in [0.25, 0.3) is 0 Å². The summed E-state index contributed by atoms with van der Waals surface area (Å²) in [5.41, 5.74) is 0. The maximum atomic E-state index is 12.0. The van der Waals surface area contributed by atoms with Crippen LogP contribution in [0, 0.1) is 0 Å². The zero-order valence-corrected chi connectivity index (χ0v) is 13.9. The van der Waals surface area contributed by atoms with Crippen LogP contribution >= 0.6 is 12.4 Å². The molecule has 0 aliphatic carbocycles. The van der Waals surface area contributed by atoms with Crippen LogP contribution in [0.1, 0.15) is 6.92 Å². The molecule has 0 fully saturated rings. The Morgan fingerprint density at radius 1 is 1.15 bits per heavy atom. The Hall–Kier alpha value is -0.670. The van der Waals surface area contributed by atoms with Crippen LogP contribution in [0.3, 0.4) is 0 Å². The molecule has 20 heavy (non-hydrogen) atoms. The molecule has 0 spiro atoms. The Morgan fingerprint density at radius 2 is 1.70 bits per heavy atom. The van der Waals surface area contributed by atoms with E-state index in [-0.39, 0.29) is 34.8 Å². The van der Waals surface area contributed by atoms with Crippen LogP contribution in [0.25, 0.3) is 0 Å². The molecular weight excluding hydrogens is 324 g/mol. The van der Waals surface area contributed by atoms with Crippen LogP contribution in [0.4, 0.5) is 0 Å². The van der Waals surface area contributed by atoms with Gasteiger partial charge in [0.05, 0.1) is 9.79 Å². The van der Waals surface area contributed by atoms with Crippen LogP contribution in [-0.4, -0.2) is 42.7 Å². The van der Waals surface area contributed by atoms with Gasteiger partial charge in [-0.2, -0.15) is 0 Å². The molecule has 1 unspecified atom stereocenters. The van der Waals surface area contributed by atoms with Gasteiger partial charge in [0.1, 0.15) is 0 Å². The van der Waals surface area contributed by atoms with E-state index in [2.05, 4.69) is 10.0 Å². The molecule has 0 heterocycles. The monoisotopic (exact) mass is 342 g/mol. The second kappa shape index (κ2) is 7.37. The second-order valence-electron chi connectivity index (χ2n) is 4.29. The molecule has 1 aromatic carbocycles. The van der Waals surface area contributed by atoms with Gasteiger partial charge < -0.3 is 5.32 Å². The predicted octanol–water partition coefficient (Wildman–Crippen LogP) is 0.398. The van der Waals surface area contributed by atoms with Crippen LogP contribution in [-0.2, 0) is 19.9 Å². The molecule has 1 aromatic rings. The van der Waals surface area contributed by atoms with E-state index in [0.717, 1.165) is 12.3 Å². The van der Waals surface area contributed by atoms with Gasteiger partial charge in [-0.3, -0.25) is 0 Å². The van der Waals surface area contributed by atoms with Crippen LogP contribution < -0.4 is 10.0 Å². The minimum atomic E-state index is -3.70.